The lowest BCUT2D eigenvalue weighted by Crippen LogP contribution is -1.92. The van der Waals surface area contributed by atoms with Crippen LogP contribution in [0.3, 0.4) is 0 Å². The topological polar surface area (TPSA) is 0 Å². The van der Waals surface area contributed by atoms with Crippen LogP contribution in [-0.4, -0.2) is 0 Å². The van der Waals surface area contributed by atoms with Crippen molar-refractivity contribution in [2.75, 3.05) is 0 Å². The number of fused-ring (bicyclic) bond motifs is 11. The lowest BCUT2D eigenvalue weighted by atomic mass is 9.83. The quantitative estimate of drug-likeness (QED) is 0.130. The van der Waals surface area contributed by atoms with Gasteiger partial charge in [0.1, 0.15) is 0 Å². The van der Waals surface area contributed by atoms with Gasteiger partial charge in [-0.2, -0.15) is 0 Å². The molecule has 10 aromatic carbocycles. The molecule has 0 unspecified atom stereocenters. The van der Waals surface area contributed by atoms with Crippen molar-refractivity contribution in [3.8, 4) is 33.4 Å². The average Bonchev–Trinajstić information content (AvgIpc) is 3.60. The summed E-state index contributed by atoms with van der Waals surface area (Å²) >= 11 is 1.91. The Kier molecular flexibility index (Phi) is 6.22. The minimum atomic E-state index is 1.24. The van der Waals surface area contributed by atoms with Crippen LogP contribution < -0.4 is 0 Å². The Hall–Kier alpha value is -6.28. The highest BCUT2D eigenvalue weighted by atomic mass is 32.1. The van der Waals surface area contributed by atoms with E-state index in [1.165, 1.54) is 107 Å². The lowest BCUT2D eigenvalue weighted by Gasteiger charge is -2.20. The molecule has 0 bridgehead atoms. The Morgan fingerprint density at radius 3 is 1.47 bits per heavy atom. The molecule has 0 atom stereocenters. The summed E-state index contributed by atoms with van der Waals surface area (Å²) in [6, 6.07) is 67.4. The van der Waals surface area contributed by atoms with Gasteiger partial charge in [0.2, 0.25) is 0 Å². The smallest absolute Gasteiger partial charge is 0.0440 e. The highest BCUT2D eigenvalue weighted by Gasteiger charge is 2.20. The molecule has 0 N–H and O–H groups in total. The predicted octanol–water partition coefficient (Wildman–Crippen LogP) is 14.8. The average molecular weight is 663 g/mol. The van der Waals surface area contributed by atoms with E-state index in [-0.39, 0.29) is 0 Å². The summed E-state index contributed by atoms with van der Waals surface area (Å²) < 4.78 is 2.71. The molecule has 236 valence electrons. The molecule has 0 saturated heterocycles. The van der Waals surface area contributed by atoms with Gasteiger partial charge < -0.3 is 0 Å². The molecule has 0 amide bonds. The second-order valence-electron chi connectivity index (χ2n) is 13.5. The fraction of sp³-hybridized carbons (Fsp3) is 0. The molecule has 1 heteroatoms. The van der Waals surface area contributed by atoms with E-state index in [9.17, 15) is 0 Å². The maximum Gasteiger partial charge on any atom is 0.0440 e. The van der Waals surface area contributed by atoms with Crippen molar-refractivity contribution in [3.63, 3.8) is 0 Å². The van der Waals surface area contributed by atoms with Gasteiger partial charge in [0, 0.05) is 25.6 Å². The Balaban J connectivity index is 1.22. The van der Waals surface area contributed by atoms with Gasteiger partial charge in [-0.1, -0.05) is 170 Å². The summed E-state index contributed by atoms with van der Waals surface area (Å²) in [5, 5.41) is 15.6. The van der Waals surface area contributed by atoms with Crippen LogP contribution in [0.1, 0.15) is 0 Å². The van der Waals surface area contributed by atoms with E-state index >= 15 is 0 Å². The Morgan fingerprint density at radius 1 is 0.275 bits per heavy atom. The van der Waals surface area contributed by atoms with Gasteiger partial charge in [-0.05, 0) is 94.0 Å². The predicted molar refractivity (Wildman–Crippen MR) is 223 cm³/mol. The first-order valence-electron chi connectivity index (χ1n) is 17.6. The Labute approximate surface area is 299 Å². The molecule has 0 spiro atoms. The van der Waals surface area contributed by atoms with Crippen LogP contribution in [0.2, 0.25) is 0 Å². The fourth-order valence-electron chi connectivity index (χ4n) is 8.68. The van der Waals surface area contributed by atoms with Crippen molar-refractivity contribution >= 4 is 85.4 Å². The molecule has 0 aliphatic carbocycles. The minimum absolute atomic E-state index is 1.24. The van der Waals surface area contributed by atoms with Gasteiger partial charge >= 0.3 is 0 Å². The van der Waals surface area contributed by atoms with Crippen LogP contribution in [0.4, 0.5) is 0 Å². The van der Waals surface area contributed by atoms with Crippen LogP contribution in [0, 0.1) is 0 Å². The van der Waals surface area contributed by atoms with Crippen LogP contribution in [0.15, 0.2) is 182 Å². The molecule has 0 radical (unpaired) electrons. The third-order valence-corrected chi connectivity index (χ3v) is 12.0. The third kappa shape index (κ3) is 4.19. The molecule has 51 heavy (non-hydrogen) atoms. The molecule has 11 aromatic rings. The third-order valence-electron chi connectivity index (χ3n) is 10.8. The van der Waals surface area contributed by atoms with E-state index in [0.29, 0.717) is 0 Å². The largest absolute Gasteiger partial charge is 0.135 e. The Morgan fingerprint density at radius 2 is 0.784 bits per heavy atom. The zero-order valence-corrected chi connectivity index (χ0v) is 28.5. The summed E-state index contributed by atoms with van der Waals surface area (Å²) in [6.45, 7) is 0. The monoisotopic (exact) mass is 662 g/mol. The van der Waals surface area contributed by atoms with Crippen molar-refractivity contribution in [1.29, 1.82) is 0 Å². The van der Waals surface area contributed by atoms with Crippen molar-refractivity contribution in [1.82, 2.24) is 0 Å². The first kappa shape index (κ1) is 28.5. The van der Waals surface area contributed by atoms with Crippen molar-refractivity contribution < 1.29 is 0 Å². The van der Waals surface area contributed by atoms with E-state index < -0.39 is 0 Å². The number of thiophene rings is 1. The Bertz CT molecular complexity index is 3130. The summed E-state index contributed by atoms with van der Waals surface area (Å²) in [5.41, 5.74) is 7.59. The first-order chi connectivity index (χ1) is 25.3. The maximum absolute atomic E-state index is 2.46. The highest BCUT2D eigenvalue weighted by Crippen LogP contribution is 2.49. The van der Waals surface area contributed by atoms with Crippen molar-refractivity contribution in [2.45, 2.75) is 0 Å². The minimum Gasteiger partial charge on any atom is -0.135 e. The van der Waals surface area contributed by atoms with Crippen LogP contribution >= 0.6 is 11.3 Å². The number of hydrogen-bond acceptors (Lipinski definition) is 1. The highest BCUT2D eigenvalue weighted by molar-refractivity contribution is 7.27. The zero-order chi connectivity index (χ0) is 33.5. The van der Waals surface area contributed by atoms with E-state index in [0.717, 1.165) is 0 Å². The van der Waals surface area contributed by atoms with E-state index in [2.05, 4.69) is 182 Å². The molecular formula is C50H30S. The summed E-state index contributed by atoms with van der Waals surface area (Å²) in [4.78, 5) is 0. The summed E-state index contributed by atoms with van der Waals surface area (Å²) in [7, 11) is 0. The van der Waals surface area contributed by atoms with Crippen LogP contribution in [0.5, 0.6) is 0 Å². The van der Waals surface area contributed by atoms with E-state index in [4.69, 9.17) is 0 Å². The molecule has 0 aliphatic rings. The molecule has 1 heterocycles. The SMILES string of the molecule is c1ccc(-c2ccc(-c3c4ccccc4c(-c4ccc5c(c4)c4ccccc4c4c6ccccc6sc54)c4ccccc34)c3ccccc23)cc1. The van der Waals surface area contributed by atoms with Gasteiger partial charge in [0.05, 0.1) is 0 Å². The van der Waals surface area contributed by atoms with Crippen molar-refractivity contribution in [3.05, 3.63) is 182 Å². The van der Waals surface area contributed by atoms with Gasteiger partial charge in [-0.3, -0.25) is 0 Å². The second kappa shape index (κ2) is 11.1. The first-order valence-corrected chi connectivity index (χ1v) is 18.4. The lowest BCUT2D eigenvalue weighted by molar-refractivity contribution is 1.64. The molecule has 11 rings (SSSR count). The van der Waals surface area contributed by atoms with Crippen LogP contribution in [0.25, 0.3) is 107 Å². The summed E-state index contributed by atoms with van der Waals surface area (Å²) in [6.07, 6.45) is 0. The molecule has 0 aliphatic heterocycles. The van der Waals surface area contributed by atoms with Gasteiger partial charge in [0.25, 0.3) is 0 Å². The normalized spacial score (nSPS) is 11.9. The van der Waals surface area contributed by atoms with E-state index in [1.807, 2.05) is 11.3 Å². The van der Waals surface area contributed by atoms with Crippen molar-refractivity contribution in [2.24, 2.45) is 0 Å². The second-order valence-corrected chi connectivity index (χ2v) is 14.6. The molecule has 0 saturated carbocycles. The van der Waals surface area contributed by atoms with E-state index in [1.54, 1.807) is 0 Å². The number of benzene rings is 10. The zero-order valence-electron chi connectivity index (χ0n) is 27.7. The number of rotatable bonds is 3. The number of hydrogen-bond donors (Lipinski definition) is 0. The molecule has 1 aromatic heterocycles. The molecule has 0 fully saturated rings. The molecule has 0 nitrogen and oxygen atoms in total. The van der Waals surface area contributed by atoms with Gasteiger partial charge in [-0.15, -0.1) is 11.3 Å². The van der Waals surface area contributed by atoms with Crippen LogP contribution in [-0.2, 0) is 0 Å². The van der Waals surface area contributed by atoms with Gasteiger partial charge in [-0.25, -0.2) is 0 Å². The maximum atomic E-state index is 2.46. The molecular weight excluding hydrogens is 633 g/mol. The standard InChI is InChI=1S/C50H30S/c1-2-14-31(15-3-1)33-28-29-42(35-17-5-4-16-34(33)35)48-40-22-10-8-20-38(40)47(39-21-9-11-23-41(39)48)32-26-27-43-45(30-32)36-18-6-7-19-37(36)49-44-24-12-13-25-46(44)51-50(43)49/h1-30H. The summed E-state index contributed by atoms with van der Waals surface area (Å²) in [5.74, 6) is 0. The van der Waals surface area contributed by atoms with Gasteiger partial charge in [0.15, 0.2) is 0 Å². The fourth-order valence-corrected chi connectivity index (χ4v) is 9.93.